The predicted octanol–water partition coefficient (Wildman–Crippen LogP) is 2.57. The lowest BCUT2D eigenvalue weighted by Crippen LogP contribution is -2.41. The van der Waals surface area contributed by atoms with Crippen LogP contribution in [0.5, 0.6) is 0 Å². The van der Waals surface area contributed by atoms with Crippen molar-refractivity contribution >= 4 is 23.2 Å². The molecule has 27 heavy (non-hydrogen) atoms. The summed E-state index contributed by atoms with van der Waals surface area (Å²) in [6, 6.07) is 8.17. The average molecular weight is 373 g/mol. The molecule has 0 aromatic heterocycles. The number of carbonyl (C=O) groups is 2. The number of benzene rings is 1. The van der Waals surface area contributed by atoms with Crippen LogP contribution in [0.3, 0.4) is 0 Å². The van der Waals surface area contributed by atoms with E-state index in [-0.39, 0.29) is 17.9 Å². The Morgan fingerprint density at radius 3 is 2.48 bits per heavy atom. The number of nitrogens with zero attached hydrogens (tertiary/aromatic N) is 2. The van der Waals surface area contributed by atoms with Crippen LogP contribution in [-0.2, 0) is 14.3 Å². The Morgan fingerprint density at radius 2 is 1.89 bits per heavy atom. The number of amides is 2. The van der Waals surface area contributed by atoms with Gasteiger partial charge in [-0.25, -0.2) is 0 Å². The van der Waals surface area contributed by atoms with Gasteiger partial charge < -0.3 is 19.9 Å². The number of hydrogen-bond donors (Lipinski definition) is 1. The molecule has 2 fully saturated rings. The van der Waals surface area contributed by atoms with Gasteiger partial charge >= 0.3 is 0 Å². The lowest BCUT2D eigenvalue weighted by Gasteiger charge is -2.32. The normalized spacial score (nSPS) is 20.5. The summed E-state index contributed by atoms with van der Waals surface area (Å²) in [5.41, 5.74) is 2.07. The third-order valence-corrected chi connectivity index (χ3v) is 5.55. The summed E-state index contributed by atoms with van der Waals surface area (Å²) in [6.45, 7) is 7.57. The van der Waals surface area contributed by atoms with E-state index in [1.54, 1.807) is 11.8 Å². The van der Waals surface area contributed by atoms with Gasteiger partial charge in [0.1, 0.15) is 6.10 Å². The van der Waals surface area contributed by atoms with Crippen LogP contribution in [0.4, 0.5) is 11.4 Å². The Hall–Kier alpha value is -2.08. The van der Waals surface area contributed by atoms with E-state index < -0.39 is 0 Å². The molecular weight excluding hydrogens is 342 g/mol. The quantitative estimate of drug-likeness (QED) is 0.833. The molecule has 0 saturated carbocycles. The standard InChI is InChI=1S/C21H31N3O3/c1-16-9-12-23(13-10-16)18-5-7-19(8-6-18)24(17(2)25)14-11-22-21(26)20-4-3-15-27-20/h5-8,16,20H,3-4,9-15H2,1-2H3,(H,22,26). The zero-order chi connectivity index (χ0) is 19.2. The maximum absolute atomic E-state index is 12.1. The summed E-state index contributed by atoms with van der Waals surface area (Å²) in [5.74, 6) is 0.699. The molecule has 0 spiro atoms. The zero-order valence-corrected chi connectivity index (χ0v) is 16.4. The van der Waals surface area contributed by atoms with Crippen LogP contribution < -0.4 is 15.1 Å². The van der Waals surface area contributed by atoms with Crippen LogP contribution in [0.1, 0.15) is 39.5 Å². The van der Waals surface area contributed by atoms with E-state index in [1.165, 1.54) is 18.5 Å². The summed E-state index contributed by atoms with van der Waals surface area (Å²) in [7, 11) is 0. The predicted molar refractivity (Wildman–Crippen MR) is 107 cm³/mol. The number of carbonyl (C=O) groups excluding carboxylic acids is 2. The SMILES string of the molecule is CC(=O)N(CCNC(=O)C1CCCO1)c1ccc(N2CCC(C)CC2)cc1. The van der Waals surface area contributed by atoms with Gasteiger partial charge in [-0.3, -0.25) is 9.59 Å². The number of rotatable bonds is 6. The van der Waals surface area contributed by atoms with Crippen LogP contribution in [0.25, 0.3) is 0 Å². The van der Waals surface area contributed by atoms with Crippen molar-refractivity contribution in [1.29, 1.82) is 0 Å². The molecule has 3 rings (SSSR count). The van der Waals surface area contributed by atoms with Crippen molar-refractivity contribution in [3.8, 4) is 0 Å². The van der Waals surface area contributed by atoms with Crippen molar-refractivity contribution in [2.75, 3.05) is 42.6 Å². The van der Waals surface area contributed by atoms with Crippen molar-refractivity contribution in [3.05, 3.63) is 24.3 Å². The maximum atomic E-state index is 12.1. The summed E-state index contributed by atoms with van der Waals surface area (Å²) >= 11 is 0. The number of nitrogens with one attached hydrogen (secondary N) is 1. The Balaban J connectivity index is 1.54. The summed E-state index contributed by atoms with van der Waals surface area (Å²) in [4.78, 5) is 28.2. The zero-order valence-electron chi connectivity index (χ0n) is 16.4. The second-order valence-electron chi connectivity index (χ2n) is 7.65. The van der Waals surface area contributed by atoms with Crippen LogP contribution in [0.15, 0.2) is 24.3 Å². The Bertz CT molecular complexity index is 633. The fourth-order valence-electron chi connectivity index (χ4n) is 3.77. The molecule has 6 heteroatoms. The lowest BCUT2D eigenvalue weighted by molar-refractivity contribution is -0.130. The molecule has 0 bridgehead atoms. The first-order valence-electron chi connectivity index (χ1n) is 10.1. The van der Waals surface area contributed by atoms with Gasteiger partial charge in [-0.2, -0.15) is 0 Å². The van der Waals surface area contributed by atoms with Crippen LogP contribution >= 0.6 is 0 Å². The summed E-state index contributed by atoms with van der Waals surface area (Å²) in [6.07, 6.45) is 3.83. The van der Waals surface area contributed by atoms with Crippen LogP contribution in [0.2, 0.25) is 0 Å². The Morgan fingerprint density at radius 1 is 1.19 bits per heavy atom. The Labute approximate surface area is 161 Å². The minimum Gasteiger partial charge on any atom is -0.372 e. The molecule has 1 unspecified atom stereocenters. The van der Waals surface area contributed by atoms with E-state index in [1.807, 2.05) is 12.1 Å². The molecular formula is C21H31N3O3. The molecule has 2 saturated heterocycles. The second-order valence-corrected chi connectivity index (χ2v) is 7.65. The fraction of sp³-hybridized carbons (Fsp3) is 0.619. The summed E-state index contributed by atoms with van der Waals surface area (Å²) in [5, 5.41) is 2.88. The highest BCUT2D eigenvalue weighted by Crippen LogP contribution is 2.25. The molecule has 1 atom stereocenters. The van der Waals surface area contributed by atoms with Crippen molar-refractivity contribution in [2.45, 2.75) is 45.6 Å². The van der Waals surface area contributed by atoms with Gasteiger partial charge in [0, 0.05) is 51.1 Å². The third kappa shape index (κ3) is 5.22. The van der Waals surface area contributed by atoms with Gasteiger partial charge in [0.2, 0.25) is 11.8 Å². The van der Waals surface area contributed by atoms with E-state index in [2.05, 4.69) is 29.3 Å². The van der Waals surface area contributed by atoms with Gasteiger partial charge in [0.05, 0.1) is 0 Å². The van der Waals surface area contributed by atoms with Gasteiger partial charge in [0.15, 0.2) is 0 Å². The monoisotopic (exact) mass is 373 g/mol. The average Bonchev–Trinajstić information content (AvgIpc) is 3.21. The topological polar surface area (TPSA) is 61.9 Å². The van der Waals surface area contributed by atoms with E-state index in [0.29, 0.717) is 19.7 Å². The molecule has 1 N–H and O–H groups in total. The van der Waals surface area contributed by atoms with E-state index >= 15 is 0 Å². The molecule has 0 aliphatic carbocycles. The lowest BCUT2D eigenvalue weighted by atomic mass is 9.99. The van der Waals surface area contributed by atoms with Crippen molar-refractivity contribution in [3.63, 3.8) is 0 Å². The minimum atomic E-state index is -0.331. The van der Waals surface area contributed by atoms with Gasteiger partial charge in [-0.05, 0) is 55.9 Å². The van der Waals surface area contributed by atoms with Gasteiger partial charge in [0.25, 0.3) is 0 Å². The van der Waals surface area contributed by atoms with Crippen molar-refractivity contribution in [1.82, 2.24) is 5.32 Å². The summed E-state index contributed by atoms with van der Waals surface area (Å²) < 4.78 is 5.38. The minimum absolute atomic E-state index is 0.0269. The number of hydrogen-bond acceptors (Lipinski definition) is 4. The highest BCUT2D eigenvalue weighted by atomic mass is 16.5. The van der Waals surface area contributed by atoms with Crippen LogP contribution in [0, 0.1) is 5.92 Å². The molecule has 0 radical (unpaired) electrons. The second kappa shape index (κ2) is 9.22. The van der Waals surface area contributed by atoms with Gasteiger partial charge in [-0.1, -0.05) is 6.92 Å². The number of ether oxygens (including phenoxy) is 1. The number of anilines is 2. The molecule has 148 valence electrons. The molecule has 1 aromatic carbocycles. The van der Waals surface area contributed by atoms with Crippen molar-refractivity contribution < 1.29 is 14.3 Å². The molecule has 2 aliphatic heterocycles. The first kappa shape index (κ1) is 19.7. The van der Waals surface area contributed by atoms with Crippen LogP contribution in [-0.4, -0.2) is 50.7 Å². The first-order valence-corrected chi connectivity index (χ1v) is 10.1. The highest BCUT2D eigenvalue weighted by Gasteiger charge is 2.23. The fourth-order valence-corrected chi connectivity index (χ4v) is 3.77. The molecule has 1 aromatic rings. The van der Waals surface area contributed by atoms with E-state index in [9.17, 15) is 9.59 Å². The third-order valence-electron chi connectivity index (χ3n) is 5.55. The molecule has 2 aliphatic rings. The van der Waals surface area contributed by atoms with E-state index in [0.717, 1.165) is 37.5 Å². The first-order chi connectivity index (χ1) is 13.0. The highest BCUT2D eigenvalue weighted by molar-refractivity contribution is 5.91. The smallest absolute Gasteiger partial charge is 0.249 e. The molecule has 2 heterocycles. The largest absolute Gasteiger partial charge is 0.372 e. The maximum Gasteiger partial charge on any atom is 0.249 e. The van der Waals surface area contributed by atoms with E-state index in [4.69, 9.17) is 4.74 Å². The molecule has 6 nitrogen and oxygen atoms in total. The Kier molecular flexibility index (Phi) is 6.72. The van der Waals surface area contributed by atoms with Crippen molar-refractivity contribution in [2.24, 2.45) is 5.92 Å². The molecule has 2 amide bonds. The number of piperidine rings is 1. The van der Waals surface area contributed by atoms with Gasteiger partial charge in [-0.15, -0.1) is 0 Å².